The third kappa shape index (κ3) is 9.94. The number of hydrogen-bond acceptors (Lipinski definition) is 3. The number of furan rings is 1. The minimum atomic E-state index is -2.43. The van der Waals surface area contributed by atoms with Crippen molar-refractivity contribution in [3.63, 3.8) is 0 Å². The zero-order valence-corrected chi connectivity index (χ0v) is 36.0. The molecular weight excluding hydrogens is 896 g/mol. The zero-order valence-electron chi connectivity index (χ0n) is 42.6. The summed E-state index contributed by atoms with van der Waals surface area (Å²) in [4.78, 5) is 8.91. The SMILES string of the molecule is [2H]C([2H])([2H])c1c[c-]c(-c2cc(C([2H])([2H])c3ccccc3)c([Si](C)(C)C)cn2)c(F)c1.[2H]C([2H])([2H])c1ccc(-c2ccc3c(c2)oc2c(-c4cc(C([2H])([2H])C(C)(C)C)ccn4)[c-]ccc23)cc1.[Ir]. The molecule has 0 N–H and O–H groups in total. The van der Waals surface area contributed by atoms with Crippen LogP contribution in [0.4, 0.5) is 4.39 Å². The molecule has 0 aliphatic rings. The van der Waals surface area contributed by atoms with Crippen LogP contribution in [0, 0.1) is 37.1 Å². The number of nitrogens with zero attached hydrogens (tertiary/aromatic N) is 2. The Labute approximate surface area is 365 Å². The molecule has 0 bridgehead atoms. The standard InChI is InChI=1S/C29H26NO.C22H23FNSi.Ir/c1-19-8-10-21(11-9-19)22-12-13-23-24-6-5-7-25(28(24)31-27(23)17-22)26-16-20(14-15-30-26)18-29(2,3)4;1-16-10-11-19(20(23)12-16)21-14-18(13-17-8-6-5-7-9-17)22(15-24-21)25(2,3)4;/h5-6,8-17H,18H2,1-4H3;5-10,12,14-15H,13H2,1-4H3;/q2*-1;/i1D3,18D2;1D3,13D2;. The first-order valence-electron chi connectivity index (χ1n) is 23.4. The van der Waals surface area contributed by atoms with Crippen LogP contribution in [0.1, 0.15) is 62.3 Å². The molecule has 57 heavy (non-hydrogen) atoms. The molecule has 0 fully saturated rings. The van der Waals surface area contributed by atoms with Gasteiger partial charge >= 0.3 is 0 Å². The quantitative estimate of drug-likeness (QED) is 0.118. The van der Waals surface area contributed by atoms with Crippen LogP contribution < -0.4 is 5.19 Å². The van der Waals surface area contributed by atoms with Crippen molar-refractivity contribution in [3.8, 4) is 33.6 Å². The van der Waals surface area contributed by atoms with Gasteiger partial charge in [-0.05, 0) is 70.4 Å². The van der Waals surface area contributed by atoms with Gasteiger partial charge in [0, 0.05) is 57.4 Å². The van der Waals surface area contributed by atoms with Crippen molar-refractivity contribution in [1.82, 2.24) is 9.97 Å². The molecule has 1 radical (unpaired) electrons. The minimum Gasteiger partial charge on any atom is -0.501 e. The molecule has 8 aromatic rings. The molecule has 8 rings (SSSR count). The van der Waals surface area contributed by atoms with Crippen molar-refractivity contribution in [2.45, 2.75) is 66.9 Å². The van der Waals surface area contributed by atoms with E-state index in [1.165, 1.54) is 6.07 Å². The van der Waals surface area contributed by atoms with E-state index in [0.717, 1.165) is 33.2 Å². The Morgan fingerprint density at radius 2 is 1.49 bits per heavy atom. The predicted octanol–water partition coefficient (Wildman–Crippen LogP) is 13.1. The minimum absolute atomic E-state index is 0. The van der Waals surface area contributed by atoms with E-state index in [1.807, 2.05) is 69.3 Å². The fourth-order valence-corrected chi connectivity index (χ4v) is 7.88. The maximum atomic E-state index is 14.7. The van der Waals surface area contributed by atoms with Crippen LogP contribution in [0.15, 0.2) is 132 Å². The zero-order chi connectivity index (χ0) is 48.2. The third-order valence-electron chi connectivity index (χ3n) is 9.10. The monoisotopic (exact) mass is 955 g/mol. The van der Waals surface area contributed by atoms with E-state index in [9.17, 15) is 4.39 Å². The average molecular weight is 955 g/mol. The van der Waals surface area contributed by atoms with Gasteiger partial charge < -0.3 is 14.4 Å². The molecule has 0 saturated heterocycles. The summed E-state index contributed by atoms with van der Waals surface area (Å²) in [6.07, 6.45) is -0.0899. The maximum absolute atomic E-state index is 14.7. The van der Waals surface area contributed by atoms with Gasteiger partial charge in [0.1, 0.15) is 5.58 Å². The first-order valence-corrected chi connectivity index (χ1v) is 21.9. The largest absolute Gasteiger partial charge is 0.501 e. The molecule has 5 aromatic carbocycles. The number of hydrogen-bond donors (Lipinski definition) is 0. The number of aryl methyl sites for hydroxylation is 2. The summed E-state index contributed by atoms with van der Waals surface area (Å²) >= 11 is 0. The molecule has 0 saturated carbocycles. The molecular formula is C51H49FIrN2OSi-2. The molecule has 6 heteroatoms. The second kappa shape index (κ2) is 17.2. The van der Waals surface area contributed by atoms with Crippen molar-refractivity contribution < 1.29 is 42.6 Å². The van der Waals surface area contributed by atoms with Crippen molar-refractivity contribution in [2.24, 2.45) is 5.41 Å². The smallest absolute Gasteiger partial charge is 0.121 e. The van der Waals surface area contributed by atoms with E-state index in [0.29, 0.717) is 44.7 Å². The van der Waals surface area contributed by atoms with E-state index in [-0.39, 0.29) is 36.9 Å². The molecule has 3 heterocycles. The first-order chi connectivity index (χ1) is 30.7. The summed E-state index contributed by atoms with van der Waals surface area (Å²) in [5.41, 5.74) is 5.79. The Balaban J connectivity index is 0.000000222. The Kier molecular flexibility index (Phi) is 9.11. The average Bonchev–Trinajstić information content (AvgIpc) is 3.64. The van der Waals surface area contributed by atoms with E-state index in [4.69, 9.17) is 18.1 Å². The van der Waals surface area contributed by atoms with Gasteiger partial charge in [0.15, 0.2) is 0 Å². The molecule has 3 aromatic heterocycles. The topological polar surface area (TPSA) is 38.9 Å². The number of benzene rings is 5. The summed E-state index contributed by atoms with van der Waals surface area (Å²) < 4.78 is 101. The predicted molar refractivity (Wildman–Crippen MR) is 235 cm³/mol. The van der Waals surface area contributed by atoms with Crippen LogP contribution in [0.3, 0.4) is 0 Å². The van der Waals surface area contributed by atoms with E-state index >= 15 is 0 Å². The summed E-state index contributed by atoms with van der Waals surface area (Å²) in [5.74, 6) is -0.747. The molecule has 0 atom stereocenters. The molecule has 0 spiro atoms. The van der Waals surface area contributed by atoms with Gasteiger partial charge in [0.25, 0.3) is 0 Å². The molecule has 0 aliphatic carbocycles. The fraction of sp³-hybridized carbons (Fsp3) is 0.216. The molecule has 0 unspecified atom stereocenters. The Hall–Kier alpha value is -5.00. The van der Waals surface area contributed by atoms with Gasteiger partial charge in [-0.3, -0.25) is 4.39 Å². The van der Waals surface area contributed by atoms with Crippen molar-refractivity contribution in [3.05, 3.63) is 173 Å². The summed E-state index contributed by atoms with van der Waals surface area (Å²) in [5, 5.41) is 2.72. The van der Waals surface area contributed by atoms with Gasteiger partial charge in [-0.2, -0.15) is 0 Å². The Bertz CT molecular complexity index is 3050. The third-order valence-corrected chi connectivity index (χ3v) is 11.1. The van der Waals surface area contributed by atoms with E-state index in [2.05, 4.69) is 41.7 Å². The fourth-order valence-electron chi connectivity index (χ4n) is 6.49. The van der Waals surface area contributed by atoms with Crippen molar-refractivity contribution in [2.75, 3.05) is 0 Å². The number of fused-ring (bicyclic) bond motifs is 3. The Morgan fingerprint density at radius 3 is 2.19 bits per heavy atom. The van der Waals surface area contributed by atoms with Crippen molar-refractivity contribution in [1.29, 1.82) is 0 Å². The van der Waals surface area contributed by atoms with Crippen LogP contribution in [0.25, 0.3) is 55.6 Å². The molecule has 0 aliphatic heterocycles. The van der Waals surface area contributed by atoms with Crippen LogP contribution in [-0.2, 0) is 32.9 Å². The maximum Gasteiger partial charge on any atom is 0.121 e. The van der Waals surface area contributed by atoms with Crippen LogP contribution in [-0.4, -0.2) is 18.0 Å². The van der Waals surface area contributed by atoms with Crippen LogP contribution in [0.2, 0.25) is 19.6 Å². The van der Waals surface area contributed by atoms with Gasteiger partial charge in [0.2, 0.25) is 0 Å². The van der Waals surface area contributed by atoms with E-state index in [1.54, 1.807) is 67.0 Å². The first kappa shape index (κ1) is 30.1. The summed E-state index contributed by atoms with van der Waals surface area (Å²) in [6, 6.07) is 38.7. The number of aromatic nitrogens is 2. The number of halogens is 1. The molecule has 3 nitrogen and oxygen atoms in total. The molecule has 291 valence electrons. The second-order valence-electron chi connectivity index (χ2n) is 15.8. The van der Waals surface area contributed by atoms with Crippen molar-refractivity contribution >= 4 is 35.2 Å². The van der Waals surface area contributed by atoms with Gasteiger partial charge in [-0.1, -0.05) is 159 Å². The van der Waals surface area contributed by atoms with E-state index < -0.39 is 45.8 Å². The van der Waals surface area contributed by atoms with Crippen LogP contribution in [0.5, 0.6) is 0 Å². The number of pyridine rings is 2. The number of rotatable bonds is 7. The van der Waals surface area contributed by atoms with Gasteiger partial charge in [-0.25, -0.2) is 0 Å². The normalized spacial score (nSPS) is 15.1. The van der Waals surface area contributed by atoms with Gasteiger partial charge in [0.05, 0.1) is 13.7 Å². The Morgan fingerprint density at radius 1 is 0.754 bits per heavy atom. The second-order valence-corrected chi connectivity index (χ2v) is 20.8. The van der Waals surface area contributed by atoms with Crippen LogP contribution >= 0.6 is 0 Å². The summed E-state index contributed by atoms with van der Waals surface area (Å²) in [6.45, 7) is 7.39. The molecule has 0 amide bonds. The van der Waals surface area contributed by atoms with Gasteiger partial charge in [-0.15, -0.1) is 42.0 Å². The summed E-state index contributed by atoms with van der Waals surface area (Å²) in [7, 11) is -1.97.